The first-order chi connectivity index (χ1) is 8.74. The van der Waals surface area contributed by atoms with Gasteiger partial charge in [-0.3, -0.25) is 0 Å². The topological polar surface area (TPSA) is 66.4 Å². The van der Waals surface area contributed by atoms with Gasteiger partial charge in [-0.2, -0.15) is 0 Å². The predicted octanol–water partition coefficient (Wildman–Crippen LogP) is 2.33. The molecule has 0 radical (unpaired) electrons. The molecule has 4 nitrogen and oxygen atoms in total. The van der Waals surface area contributed by atoms with Gasteiger partial charge in [0, 0.05) is 11.6 Å². The van der Waals surface area contributed by atoms with E-state index in [2.05, 4.69) is 4.72 Å². The minimum atomic E-state index is -3.57. The molecular weight excluding hydrogens is 286 g/mol. The fourth-order valence-corrected chi connectivity index (χ4v) is 2.82. The van der Waals surface area contributed by atoms with Gasteiger partial charge in [0.2, 0.25) is 10.0 Å². The first-order valence-electron chi connectivity index (χ1n) is 6.18. The average Bonchev–Trinajstić information content (AvgIpc) is 2.32. The van der Waals surface area contributed by atoms with Gasteiger partial charge < -0.3 is 5.11 Å². The summed E-state index contributed by atoms with van der Waals surface area (Å²) in [4.78, 5) is 0.141. The molecule has 0 aliphatic rings. The van der Waals surface area contributed by atoms with Gasteiger partial charge in [0.25, 0.3) is 0 Å². The van der Waals surface area contributed by atoms with Gasteiger partial charge in [-0.1, -0.05) is 31.5 Å². The Balaban J connectivity index is 2.68. The van der Waals surface area contributed by atoms with Crippen molar-refractivity contribution in [1.29, 1.82) is 0 Å². The molecule has 0 aromatic heterocycles. The zero-order chi connectivity index (χ0) is 14.6. The lowest BCUT2D eigenvalue weighted by atomic mass is 10.1. The first kappa shape index (κ1) is 16.4. The molecule has 1 atom stereocenters. The van der Waals surface area contributed by atoms with Crippen LogP contribution in [-0.4, -0.2) is 26.2 Å². The second-order valence-corrected chi connectivity index (χ2v) is 7.08. The first-order valence-corrected chi connectivity index (χ1v) is 8.04. The summed E-state index contributed by atoms with van der Waals surface area (Å²) in [5.74, 6) is 0.110. The zero-order valence-electron chi connectivity index (χ0n) is 11.4. The molecule has 0 aliphatic heterocycles. The summed E-state index contributed by atoms with van der Waals surface area (Å²) in [5, 5.41) is 10.0. The number of hydrogen-bond acceptors (Lipinski definition) is 3. The van der Waals surface area contributed by atoms with Crippen LogP contribution in [0.15, 0.2) is 23.1 Å². The van der Waals surface area contributed by atoms with E-state index in [-0.39, 0.29) is 17.4 Å². The molecule has 1 unspecified atom stereocenters. The SMILES string of the molecule is Cc1ccc(S(=O)(=O)NCCC(O)C(C)C)cc1Cl. The highest BCUT2D eigenvalue weighted by molar-refractivity contribution is 7.89. The summed E-state index contributed by atoms with van der Waals surface area (Å²) in [6, 6.07) is 4.61. The highest BCUT2D eigenvalue weighted by atomic mass is 35.5. The molecule has 0 heterocycles. The monoisotopic (exact) mass is 305 g/mol. The highest BCUT2D eigenvalue weighted by Gasteiger charge is 2.16. The standard InChI is InChI=1S/C13H20ClNO3S/c1-9(2)13(16)6-7-15-19(17,18)11-5-4-10(3)12(14)8-11/h4-5,8-9,13,15-16H,6-7H2,1-3H3. The summed E-state index contributed by atoms with van der Waals surface area (Å²) >= 11 is 5.91. The molecule has 1 rings (SSSR count). The zero-order valence-corrected chi connectivity index (χ0v) is 12.9. The fourth-order valence-electron chi connectivity index (χ4n) is 1.50. The third-order valence-corrected chi connectivity index (χ3v) is 4.82. The van der Waals surface area contributed by atoms with E-state index in [0.717, 1.165) is 5.56 Å². The Labute approximate surface area is 119 Å². The van der Waals surface area contributed by atoms with E-state index in [1.54, 1.807) is 6.07 Å². The van der Waals surface area contributed by atoms with Gasteiger partial charge in [0.15, 0.2) is 0 Å². The van der Waals surface area contributed by atoms with Crippen molar-refractivity contribution in [3.8, 4) is 0 Å². The summed E-state index contributed by atoms with van der Waals surface area (Å²) in [7, 11) is -3.57. The third kappa shape index (κ3) is 4.76. The van der Waals surface area contributed by atoms with Crippen molar-refractivity contribution in [2.24, 2.45) is 5.92 Å². The number of aliphatic hydroxyl groups is 1. The van der Waals surface area contributed by atoms with Crippen molar-refractivity contribution in [3.63, 3.8) is 0 Å². The maximum Gasteiger partial charge on any atom is 0.240 e. The minimum absolute atomic E-state index is 0.110. The van der Waals surface area contributed by atoms with E-state index in [1.807, 2.05) is 20.8 Å². The van der Waals surface area contributed by atoms with Crippen molar-refractivity contribution in [1.82, 2.24) is 4.72 Å². The predicted molar refractivity (Wildman–Crippen MR) is 76.8 cm³/mol. The van der Waals surface area contributed by atoms with Crippen LogP contribution in [0.25, 0.3) is 0 Å². The van der Waals surface area contributed by atoms with Crippen molar-refractivity contribution in [2.45, 2.75) is 38.2 Å². The van der Waals surface area contributed by atoms with E-state index < -0.39 is 16.1 Å². The van der Waals surface area contributed by atoms with Crippen LogP contribution in [0.2, 0.25) is 5.02 Å². The molecule has 0 fully saturated rings. The Kier molecular flexibility index (Phi) is 5.80. The van der Waals surface area contributed by atoms with Crippen LogP contribution in [0.4, 0.5) is 0 Å². The van der Waals surface area contributed by atoms with Crippen molar-refractivity contribution in [2.75, 3.05) is 6.54 Å². The molecular formula is C13H20ClNO3S. The number of benzene rings is 1. The van der Waals surface area contributed by atoms with E-state index in [1.165, 1.54) is 12.1 Å². The Bertz CT molecular complexity index is 529. The van der Waals surface area contributed by atoms with Crippen LogP contribution in [0.3, 0.4) is 0 Å². The molecule has 1 aromatic rings. The molecule has 0 amide bonds. The van der Waals surface area contributed by atoms with Crippen molar-refractivity contribution >= 4 is 21.6 Å². The van der Waals surface area contributed by atoms with Crippen LogP contribution < -0.4 is 4.72 Å². The van der Waals surface area contributed by atoms with E-state index in [4.69, 9.17) is 11.6 Å². The number of halogens is 1. The maximum absolute atomic E-state index is 12.0. The molecule has 0 saturated carbocycles. The van der Waals surface area contributed by atoms with Gasteiger partial charge in [-0.05, 0) is 37.0 Å². The lowest BCUT2D eigenvalue weighted by Crippen LogP contribution is -2.28. The largest absolute Gasteiger partial charge is 0.393 e. The molecule has 6 heteroatoms. The highest BCUT2D eigenvalue weighted by Crippen LogP contribution is 2.19. The quantitative estimate of drug-likeness (QED) is 0.847. The smallest absolute Gasteiger partial charge is 0.240 e. The molecule has 0 spiro atoms. The van der Waals surface area contributed by atoms with Gasteiger partial charge >= 0.3 is 0 Å². The minimum Gasteiger partial charge on any atom is -0.393 e. The van der Waals surface area contributed by atoms with Crippen LogP contribution in [0.1, 0.15) is 25.8 Å². The lowest BCUT2D eigenvalue weighted by molar-refractivity contribution is 0.118. The number of aliphatic hydroxyl groups excluding tert-OH is 1. The number of hydrogen-bond donors (Lipinski definition) is 2. The second-order valence-electron chi connectivity index (χ2n) is 4.91. The summed E-state index contributed by atoms with van der Waals surface area (Å²) < 4.78 is 26.5. The van der Waals surface area contributed by atoms with Crippen molar-refractivity contribution in [3.05, 3.63) is 28.8 Å². The number of rotatable bonds is 6. The van der Waals surface area contributed by atoms with E-state index >= 15 is 0 Å². The molecule has 108 valence electrons. The van der Waals surface area contributed by atoms with Gasteiger partial charge in [-0.15, -0.1) is 0 Å². The van der Waals surface area contributed by atoms with Crippen LogP contribution in [0, 0.1) is 12.8 Å². The van der Waals surface area contributed by atoms with E-state index in [0.29, 0.717) is 11.4 Å². The number of nitrogens with one attached hydrogen (secondary N) is 1. The van der Waals surface area contributed by atoms with Gasteiger partial charge in [0.05, 0.1) is 11.0 Å². The third-order valence-electron chi connectivity index (χ3n) is 2.96. The van der Waals surface area contributed by atoms with Crippen LogP contribution in [-0.2, 0) is 10.0 Å². The number of sulfonamides is 1. The van der Waals surface area contributed by atoms with Crippen LogP contribution in [0.5, 0.6) is 0 Å². The normalized spacial score (nSPS) is 13.8. The molecule has 0 bridgehead atoms. The van der Waals surface area contributed by atoms with Gasteiger partial charge in [-0.25, -0.2) is 13.1 Å². The van der Waals surface area contributed by atoms with Gasteiger partial charge in [0.1, 0.15) is 0 Å². The molecule has 0 aliphatic carbocycles. The molecule has 19 heavy (non-hydrogen) atoms. The van der Waals surface area contributed by atoms with Crippen molar-refractivity contribution < 1.29 is 13.5 Å². The Morgan fingerprint density at radius 3 is 2.53 bits per heavy atom. The Morgan fingerprint density at radius 1 is 1.37 bits per heavy atom. The van der Waals surface area contributed by atoms with Crippen LogP contribution >= 0.6 is 11.6 Å². The fraction of sp³-hybridized carbons (Fsp3) is 0.538. The summed E-state index contributed by atoms with van der Waals surface area (Å²) in [6.07, 6.45) is -0.124. The molecule has 2 N–H and O–H groups in total. The second kappa shape index (κ2) is 6.70. The summed E-state index contributed by atoms with van der Waals surface area (Å²) in [6.45, 7) is 5.79. The molecule has 0 saturated heterocycles. The molecule has 1 aromatic carbocycles. The van der Waals surface area contributed by atoms with E-state index in [9.17, 15) is 13.5 Å². The number of aryl methyl sites for hydroxylation is 1. The Hall–Kier alpha value is -0.620. The average molecular weight is 306 g/mol. The summed E-state index contributed by atoms with van der Waals surface area (Å²) in [5.41, 5.74) is 0.829. The maximum atomic E-state index is 12.0. The lowest BCUT2D eigenvalue weighted by Gasteiger charge is -2.14. The Morgan fingerprint density at radius 2 is 2.00 bits per heavy atom.